The van der Waals surface area contributed by atoms with Crippen molar-refractivity contribution < 1.29 is 13.9 Å². The number of nitrogens with zero attached hydrogens (tertiary/aromatic N) is 1. The molecule has 2 N–H and O–H groups in total. The summed E-state index contributed by atoms with van der Waals surface area (Å²) in [4.78, 5) is 2.01. The molecule has 0 saturated heterocycles. The molecule has 0 saturated carbocycles. The van der Waals surface area contributed by atoms with Gasteiger partial charge in [0.1, 0.15) is 5.82 Å². The summed E-state index contributed by atoms with van der Waals surface area (Å²) in [5, 5.41) is 0. The van der Waals surface area contributed by atoms with Gasteiger partial charge >= 0.3 is 0 Å². The standard InChI is InChI=1S/C13H20BrFN2O2/c1-18-6-3-4-17(5-7-19-2)13-9-11(15)10(14)8-12(13)16/h8-9H,3-7,16H2,1-2H3. The van der Waals surface area contributed by atoms with Crippen molar-refractivity contribution >= 4 is 27.3 Å². The van der Waals surface area contributed by atoms with E-state index in [0.717, 1.165) is 13.0 Å². The molecule has 0 aromatic heterocycles. The molecule has 108 valence electrons. The maximum Gasteiger partial charge on any atom is 0.139 e. The highest BCUT2D eigenvalue weighted by atomic mass is 79.9. The van der Waals surface area contributed by atoms with Crippen molar-refractivity contribution in [1.29, 1.82) is 0 Å². The van der Waals surface area contributed by atoms with Crippen molar-refractivity contribution in [2.75, 3.05) is 51.2 Å². The van der Waals surface area contributed by atoms with Crippen LogP contribution in [0.25, 0.3) is 0 Å². The third-order valence-corrected chi connectivity index (χ3v) is 3.36. The van der Waals surface area contributed by atoms with E-state index in [1.807, 2.05) is 4.90 Å². The van der Waals surface area contributed by atoms with Crippen LogP contribution >= 0.6 is 15.9 Å². The molecule has 0 radical (unpaired) electrons. The molecule has 1 rings (SSSR count). The molecule has 4 nitrogen and oxygen atoms in total. The van der Waals surface area contributed by atoms with Gasteiger partial charge < -0.3 is 20.1 Å². The van der Waals surface area contributed by atoms with E-state index in [-0.39, 0.29) is 5.82 Å². The summed E-state index contributed by atoms with van der Waals surface area (Å²) in [5.74, 6) is -0.321. The largest absolute Gasteiger partial charge is 0.397 e. The van der Waals surface area contributed by atoms with E-state index in [0.29, 0.717) is 35.6 Å². The van der Waals surface area contributed by atoms with Crippen LogP contribution in [0.3, 0.4) is 0 Å². The highest BCUT2D eigenvalue weighted by Crippen LogP contribution is 2.29. The fourth-order valence-electron chi connectivity index (χ4n) is 1.78. The Kier molecular flexibility index (Phi) is 7.12. The van der Waals surface area contributed by atoms with Crippen LogP contribution in [0, 0.1) is 5.82 Å². The maximum absolute atomic E-state index is 13.6. The Hall–Kier alpha value is -0.850. The molecule has 0 spiro atoms. The van der Waals surface area contributed by atoms with Gasteiger partial charge in [-0.2, -0.15) is 0 Å². The van der Waals surface area contributed by atoms with Gasteiger partial charge in [-0.25, -0.2) is 4.39 Å². The zero-order chi connectivity index (χ0) is 14.3. The van der Waals surface area contributed by atoms with E-state index >= 15 is 0 Å². The van der Waals surface area contributed by atoms with Crippen LogP contribution < -0.4 is 10.6 Å². The highest BCUT2D eigenvalue weighted by molar-refractivity contribution is 9.10. The van der Waals surface area contributed by atoms with Crippen molar-refractivity contribution in [2.45, 2.75) is 6.42 Å². The van der Waals surface area contributed by atoms with Gasteiger partial charge in [0.15, 0.2) is 0 Å². The van der Waals surface area contributed by atoms with Crippen molar-refractivity contribution in [3.8, 4) is 0 Å². The number of nitrogens with two attached hydrogens (primary N) is 1. The van der Waals surface area contributed by atoms with Gasteiger partial charge in [0.25, 0.3) is 0 Å². The molecule has 19 heavy (non-hydrogen) atoms. The van der Waals surface area contributed by atoms with Crippen LogP contribution in [0.1, 0.15) is 6.42 Å². The summed E-state index contributed by atoms with van der Waals surface area (Å²) in [5.41, 5.74) is 7.19. The normalized spacial score (nSPS) is 10.7. The lowest BCUT2D eigenvalue weighted by Crippen LogP contribution is -2.29. The second kappa shape index (κ2) is 8.35. The van der Waals surface area contributed by atoms with E-state index in [1.54, 1.807) is 20.3 Å². The number of benzene rings is 1. The highest BCUT2D eigenvalue weighted by Gasteiger charge is 2.13. The van der Waals surface area contributed by atoms with Crippen LogP contribution in [0.5, 0.6) is 0 Å². The maximum atomic E-state index is 13.6. The summed E-state index contributed by atoms with van der Waals surface area (Å²) in [6.07, 6.45) is 0.845. The van der Waals surface area contributed by atoms with E-state index < -0.39 is 0 Å². The molecule has 0 unspecified atom stereocenters. The molecular weight excluding hydrogens is 315 g/mol. The number of rotatable bonds is 8. The van der Waals surface area contributed by atoms with Gasteiger partial charge in [0, 0.05) is 40.0 Å². The predicted molar refractivity (Wildman–Crippen MR) is 79.1 cm³/mol. The number of methoxy groups -OCH3 is 2. The van der Waals surface area contributed by atoms with E-state index in [9.17, 15) is 4.39 Å². The van der Waals surface area contributed by atoms with Gasteiger partial charge in [0.05, 0.1) is 22.5 Å². The number of hydrogen-bond acceptors (Lipinski definition) is 4. The van der Waals surface area contributed by atoms with Crippen molar-refractivity contribution in [1.82, 2.24) is 0 Å². The number of halogens is 2. The monoisotopic (exact) mass is 334 g/mol. The lowest BCUT2D eigenvalue weighted by atomic mass is 10.2. The van der Waals surface area contributed by atoms with E-state index in [2.05, 4.69) is 15.9 Å². The molecule has 0 aliphatic heterocycles. The number of hydrogen-bond donors (Lipinski definition) is 1. The predicted octanol–water partition coefficient (Wildman–Crippen LogP) is 2.66. The molecule has 1 aromatic carbocycles. The number of nitrogen functional groups attached to an aromatic ring is 1. The summed E-state index contributed by atoms with van der Waals surface area (Å²) >= 11 is 3.13. The Balaban J connectivity index is 2.85. The quantitative estimate of drug-likeness (QED) is 0.586. The minimum Gasteiger partial charge on any atom is -0.397 e. The van der Waals surface area contributed by atoms with Gasteiger partial charge in [-0.3, -0.25) is 0 Å². The molecule has 0 aliphatic carbocycles. The second-order valence-corrected chi connectivity index (χ2v) is 5.01. The lowest BCUT2D eigenvalue weighted by molar-refractivity contribution is 0.191. The van der Waals surface area contributed by atoms with Gasteiger partial charge in [0.2, 0.25) is 0 Å². The molecule has 0 amide bonds. The van der Waals surface area contributed by atoms with Crippen molar-refractivity contribution in [3.05, 3.63) is 22.4 Å². The van der Waals surface area contributed by atoms with Gasteiger partial charge in [-0.05, 0) is 28.4 Å². The first kappa shape index (κ1) is 16.2. The molecule has 1 aromatic rings. The molecular formula is C13H20BrFN2O2. The first-order valence-electron chi connectivity index (χ1n) is 6.07. The van der Waals surface area contributed by atoms with Crippen molar-refractivity contribution in [2.24, 2.45) is 0 Å². The summed E-state index contributed by atoms with van der Waals surface area (Å²) < 4.78 is 24.1. The molecule has 0 fully saturated rings. The third kappa shape index (κ3) is 4.97. The number of anilines is 2. The Morgan fingerprint density at radius 3 is 2.53 bits per heavy atom. The van der Waals surface area contributed by atoms with Crippen LogP contribution in [-0.2, 0) is 9.47 Å². The van der Waals surface area contributed by atoms with Crippen molar-refractivity contribution in [3.63, 3.8) is 0 Å². The van der Waals surface area contributed by atoms with E-state index in [4.69, 9.17) is 15.2 Å². The summed E-state index contributed by atoms with van der Waals surface area (Å²) in [6, 6.07) is 3.03. The second-order valence-electron chi connectivity index (χ2n) is 4.15. The average molecular weight is 335 g/mol. The minimum absolute atomic E-state index is 0.321. The minimum atomic E-state index is -0.321. The SMILES string of the molecule is COCCCN(CCOC)c1cc(F)c(Br)cc1N. The fraction of sp³-hybridized carbons (Fsp3) is 0.538. The third-order valence-electron chi connectivity index (χ3n) is 2.75. The van der Waals surface area contributed by atoms with Crippen LogP contribution in [0.2, 0.25) is 0 Å². The van der Waals surface area contributed by atoms with Gasteiger partial charge in [-0.15, -0.1) is 0 Å². The topological polar surface area (TPSA) is 47.7 Å². The first-order chi connectivity index (χ1) is 9.10. The first-order valence-corrected chi connectivity index (χ1v) is 6.86. The van der Waals surface area contributed by atoms with Gasteiger partial charge in [-0.1, -0.05) is 0 Å². The zero-order valence-corrected chi connectivity index (χ0v) is 12.9. The van der Waals surface area contributed by atoms with Crippen LogP contribution in [0.4, 0.5) is 15.8 Å². The lowest BCUT2D eigenvalue weighted by Gasteiger charge is -2.26. The molecule has 0 bridgehead atoms. The Labute approximate surface area is 121 Å². The molecule has 6 heteroatoms. The Bertz CT molecular complexity index is 404. The smallest absolute Gasteiger partial charge is 0.139 e. The Morgan fingerprint density at radius 1 is 1.21 bits per heavy atom. The molecule has 0 aliphatic rings. The molecule has 0 atom stereocenters. The number of ether oxygens (including phenoxy) is 2. The summed E-state index contributed by atoms with van der Waals surface area (Å²) in [7, 11) is 3.30. The average Bonchev–Trinajstić information content (AvgIpc) is 2.38. The fourth-order valence-corrected chi connectivity index (χ4v) is 2.14. The van der Waals surface area contributed by atoms with Crippen LogP contribution in [0.15, 0.2) is 16.6 Å². The zero-order valence-electron chi connectivity index (χ0n) is 11.3. The summed E-state index contributed by atoms with van der Waals surface area (Å²) in [6.45, 7) is 2.61. The van der Waals surface area contributed by atoms with E-state index in [1.165, 1.54) is 6.07 Å². The Morgan fingerprint density at radius 2 is 1.89 bits per heavy atom. The molecule has 0 heterocycles. The van der Waals surface area contributed by atoms with Crippen LogP contribution in [-0.4, -0.2) is 40.5 Å².